The molecule has 0 N–H and O–H groups in total. The minimum Gasteiger partial charge on any atom is -0.488 e. The Hall–Kier alpha value is 0.560. The largest absolute Gasteiger partial charge is 0.488 e. The molecule has 0 fully saturated rings. The lowest BCUT2D eigenvalue weighted by atomic mass is 10.3. The first-order valence-corrected chi connectivity index (χ1v) is 6.27. The fourth-order valence-corrected chi connectivity index (χ4v) is 2.45. The van der Waals surface area contributed by atoms with E-state index in [4.69, 9.17) is 27.9 Å². The molecule has 0 saturated heterocycles. The Morgan fingerprint density at radius 2 is 1.57 bits per heavy atom. The zero-order valence-electron chi connectivity index (χ0n) is 7.57. The highest BCUT2D eigenvalue weighted by molar-refractivity contribution is 9.11. The molecule has 1 aromatic rings. The Morgan fingerprint density at radius 1 is 1.14 bits per heavy atom. The van der Waals surface area contributed by atoms with Crippen molar-refractivity contribution in [1.29, 1.82) is 0 Å². The minimum absolute atomic E-state index is 0.0335. The number of ether oxygens (including phenoxy) is 1. The summed E-state index contributed by atoms with van der Waals surface area (Å²) in [6.07, 6.45) is 0.0335. The quantitative estimate of drug-likeness (QED) is 0.648. The Bertz CT molecular complexity index is 327. The molecule has 14 heavy (non-hydrogen) atoms. The van der Waals surface area contributed by atoms with Crippen LogP contribution in [-0.4, -0.2) is 6.10 Å². The van der Waals surface area contributed by atoms with Crippen LogP contribution in [0.2, 0.25) is 10.0 Å². The van der Waals surface area contributed by atoms with Gasteiger partial charge in [-0.15, -0.1) is 0 Å². The van der Waals surface area contributed by atoms with Crippen molar-refractivity contribution >= 4 is 55.1 Å². The van der Waals surface area contributed by atoms with Crippen LogP contribution in [0.3, 0.4) is 0 Å². The fraction of sp³-hybridized carbons (Fsp3) is 0.333. The van der Waals surface area contributed by atoms with Gasteiger partial charge in [0, 0.05) is 8.95 Å². The van der Waals surface area contributed by atoms with Crippen LogP contribution in [-0.2, 0) is 0 Å². The lowest BCUT2D eigenvalue weighted by molar-refractivity contribution is 0.242. The van der Waals surface area contributed by atoms with Crippen molar-refractivity contribution < 1.29 is 4.74 Å². The summed E-state index contributed by atoms with van der Waals surface area (Å²) >= 11 is 18.7. The zero-order valence-corrected chi connectivity index (χ0v) is 12.3. The molecule has 0 heterocycles. The van der Waals surface area contributed by atoms with Gasteiger partial charge in [0.25, 0.3) is 0 Å². The first-order valence-electron chi connectivity index (χ1n) is 3.93. The molecule has 78 valence electrons. The van der Waals surface area contributed by atoms with E-state index in [-0.39, 0.29) is 6.10 Å². The van der Waals surface area contributed by atoms with Crippen LogP contribution < -0.4 is 4.74 Å². The van der Waals surface area contributed by atoms with Gasteiger partial charge < -0.3 is 4.74 Å². The molecule has 0 aliphatic rings. The second-order valence-electron chi connectivity index (χ2n) is 2.96. The maximum absolute atomic E-state index is 6.04. The Labute approximate surface area is 110 Å². The molecule has 1 rings (SSSR count). The molecule has 0 aliphatic carbocycles. The highest BCUT2D eigenvalue weighted by Gasteiger charge is 2.15. The van der Waals surface area contributed by atoms with E-state index < -0.39 is 0 Å². The molecule has 0 saturated carbocycles. The average molecular weight is 363 g/mol. The van der Waals surface area contributed by atoms with E-state index in [1.54, 1.807) is 6.07 Å². The van der Waals surface area contributed by atoms with E-state index in [1.807, 2.05) is 13.8 Å². The summed E-state index contributed by atoms with van der Waals surface area (Å²) in [4.78, 5) is 0. The second kappa shape index (κ2) is 5.06. The average Bonchev–Trinajstić information content (AvgIpc) is 2.09. The Balaban J connectivity index is 3.25. The van der Waals surface area contributed by atoms with Gasteiger partial charge in [-0.3, -0.25) is 0 Å². The summed E-state index contributed by atoms with van der Waals surface area (Å²) < 4.78 is 7.02. The zero-order chi connectivity index (χ0) is 10.9. The van der Waals surface area contributed by atoms with Gasteiger partial charge in [-0.25, -0.2) is 0 Å². The molecule has 5 heteroatoms. The molecule has 0 atom stereocenters. The summed E-state index contributed by atoms with van der Waals surface area (Å²) in [5.41, 5.74) is 0. The number of rotatable bonds is 2. The summed E-state index contributed by atoms with van der Waals surface area (Å²) in [5.74, 6) is 0.504. The molecule has 1 aromatic carbocycles. The summed E-state index contributed by atoms with van der Waals surface area (Å²) in [6.45, 7) is 3.84. The lowest BCUT2D eigenvalue weighted by Crippen LogP contribution is -2.06. The van der Waals surface area contributed by atoms with Gasteiger partial charge in [-0.1, -0.05) is 23.2 Å². The van der Waals surface area contributed by atoms with E-state index in [0.717, 1.165) is 8.95 Å². The maximum atomic E-state index is 6.04. The summed E-state index contributed by atoms with van der Waals surface area (Å²) in [6, 6.07) is 1.79. The van der Waals surface area contributed by atoms with Crippen LogP contribution in [0.15, 0.2) is 15.0 Å². The molecular weight excluding hydrogens is 355 g/mol. The third-order valence-electron chi connectivity index (χ3n) is 1.43. The normalized spacial score (nSPS) is 10.8. The van der Waals surface area contributed by atoms with Crippen molar-refractivity contribution in [3.63, 3.8) is 0 Å². The smallest absolute Gasteiger partial charge is 0.159 e. The van der Waals surface area contributed by atoms with Crippen LogP contribution in [0.1, 0.15) is 13.8 Å². The van der Waals surface area contributed by atoms with Crippen molar-refractivity contribution in [2.75, 3.05) is 0 Å². The molecule has 0 amide bonds. The minimum atomic E-state index is 0.0335. The predicted octanol–water partition coefficient (Wildman–Crippen LogP) is 5.31. The van der Waals surface area contributed by atoms with Crippen LogP contribution in [0.5, 0.6) is 5.75 Å². The van der Waals surface area contributed by atoms with E-state index in [9.17, 15) is 0 Å². The van der Waals surface area contributed by atoms with Crippen LogP contribution in [0.25, 0.3) is 0 Å². The predicted molar refractivity (Wildman–Crippen MR) is 67.6 cm³/mol. The van der Waals surface area contributed by atoms with Gasteiger partial charge >= 0.3 is 0 Å². The standard InChI is InChI=1S/C9H8Br2Cl2O/c1-4(2)14-9-7(12)5(10)3-6(11)8(9)13/h3-4H,1-2H3. The van der Waals surface area contributed by atoms with E-state index in [1.165, 1.54) is 0 Å². The highest BCUT2D eigenvalue weighted by atomic mass is 79.9. The fourth-order valence-electron chi connectivity index (χ4n) is 0.890. The number of hydrogen-bond donors (Lipinski definition) is 0. The van der Waals surface area contributed by atoms with Gasteiger partial charge in [0.15, 0.2) is 5.75 Å². The third kappa shape index (κ3) is 2.78. The Morgan fingerprint density at radius 3 is 1.93 bits per heavy atom. The molecular formula is C9H8Br2Cl2O. The molecule has 1 nitrogen and oxygen atoms in total. The molecule has 0 unspecified atom stereocenters. The topological polar surface area (TPSA) is 9.23 Å². The van der Waals surface area contributed by atoms with Crippen molar-refractivity contribution in [3.8, 4) is 5.75 Å². The van der Waals surface area contributed by atoms with Crippen molar-refractivity contribution in [3.05, 3.63) is 25.1 Å². The molecule has 0 spiro atoms. The first kappa shape index (κ1) is 12.6. The van der Waals surface area contributed by atoms with Crippen LogP contribution in [0.4, 0.5) is 0 Å². The maximum Gasteiger partial charge on any atom is 0.159 e. The second-order valence-corrected chi connectivity index (χ2v) is 5.43. The molecule has 0 aliphatic heterocycles. The molecule has 0 radical (unpaired) electrons. The van der Waals surface area contributed by atoms with Gasteiger partial charge in [-0.2, -0.15) is 0 Å². The number of hydrogen-bond acceptors (Lipinski definition) is 1. The summed E-state index contributed by atoms with van der Waals surface area (Å²) in [7, 11) is 0. The third-order valence-corrected chi connectivity index (χ3v) is 3.88. The number of halogens is 4. The summed E-state index contributed by atoms with van der Waals surface area (Å²) in [5, 5.41) is 0.985. The van der Waals surface area contributed by atoms with E-state index in [2.05, 4.69) is 31.9 Å². The van der Waals surface area contributed by atoms with E-state index in [0.29, 0.717) is 15.8 Å². The monoisotopic (exact) mass is 360 g/mol. The lowest BCUT2D eigenvalue weighted by Gasteiger charge is -2.14. The van der Waals surface area contributed by atoms with Gasteiger partial charge in [0.05, 0.1) is 16.1 Å². The first-order chi connectivity index (χ1) is 6.43. The van der Waals surface area contributed by atoms with E-state index >= 15 is 0 Å². The van der Waals surface area contributed by atoms with Gasteiger partial charge in [0.2, 0.25) is 0 Å². The van der Waals surface area contributed by atoms with Gasteiger partial charge in [-0.05, 0) is 51.8 Å². The SMILES string of the molecule is CC(C)Oc1c(Cl)c(Br)cc(Br)c1Cl. The van der Waals surface area contributed by atoms with Crippen LogP contribution in [0, 0.1) is 0 Å². The molecule has 0 bridgehead atoms. The van der Waals surface area contributed by atoms with Crippen molar-refractivity contribution in [2.45, 2.75) is 20.0 Å². The van der Waals surface area contributed by atoms with Crippen molar-refractivity contribution in [2.24, 2.45) is 0 Å². The van der Waals surface area contributed by atoms with Crippen LogP contribution >= 0.6 is 55.1 Å². The van der Waals surface area contributed by atoms with Gasteiger partial charge in [0.1, 0.15) is 0 Å². The van der Waals surface area contributed by atoms with Crippen molar-refractivity contribution in [1.82, 2.24) is 0 Å². The molecule has 0 aromatic heterocycles. The number of benzene rings is 1. The Kier molecular flexibility index (Phi) is 4.56. The highest BCUT2D eigenvalue weighted by Crippen LogP contribution is 2.43.